The topological polar surface area (TPSA) is 114 Å². The van der Waals surface area contributed by atoms with Crippen LogP contribution in [0.4, 0.5) is 5.69 Å². The molecule has 2 atom stereocenters. The summed E-state index contributed by atoms with van der Waals surface area (Å²) in [5, 5.41) is 3.83. The zero-order chi connectivity index (χ0) is 32.6. The predicted molar refractivity (Wildman–Crippen MR) is 175 cm³/mol. The molecule has 0 spiro atoms. The molecule has 10 nitrogen and oxygen atoms in total. The molecule has 3 aromatic carbocycles. The average molecular weight is 665 g/mol. The first-order chi connectivity index (χ1) is 22.1. The standard InChI is InChI=1S/C34H37ClN4O6S/c1-22(2)20-36-21-23-7-14-31(44-4)28(18-23)34(38-16-5-6-30(38)32-37-15-17-45-32)27-19-24(35)8-13-29(27)39(33(34)40)46(41,42)26-11-9-25(43-3)10-12-26/h7-15,17-19,22,30,36H,5-6,16,20-21H2,1-4H3/t30-,34?/m0/s1. The van der Waals surface area contributed by atoms with E-state index in [0.29, 0.717) is 59.0 Å². The number of hydrogen-bond donors (Lipinski definition) is 1. The van der Waals surface area contributed by atoms with Gasteiger partial charge < -0.3 is 19.2 Å². The number of halogens is 1. The van der Waals surface area contributed by atoms with Crippen molar-refractivity contribution in [3.8, 4) is 11.5 Å². The maximum absolute atomic E-state index is 15.4. The number of carbonyl (C=O) groups excluding carboxylic acids is 1. The molecule has 12 heteroatoms. The van der Waals surface area contributed by atoms with Gasteiger partial charge in [-0.3, -0.25) is 9.69 Å². The number of benzene rings is 3. The van der Waals surface area contributed by atoms with Crippen LogP contribution in [0.3, 0.4) is 0 Å². The van der Waals surface area contributed by atoms with Gasteiger partial charge in [0.2, 0.25) is 5.89 Å². The lowest BCUT2D eigenvalue weighted by molar-refractivity contribution is -0.127. The van der Waals surface area contributed by atoms with Crippen molar-refractivity contribution < 1.29 is 27.1 Å². The van der Waals surface area contributed by atoms with Crippen LogP contribution in [0.2, 0.25) is 5.02 Å². The molecule has 46 heavy (non-hydrogen) atoms. The van der Waals surface area contributed by atoms with Crippen molar-refractivity contribution >= 4 is 33.2 Å². The Kier molecular flexibility index (Phi) is 8.86. The van der Waals surface area contributed by atoms with E-state index in [9.17, 15) is 8.42 Å². The molecule has 242 valence electrons. The van der Waals surface area contributed by atoms with Crippen molar-refractivity contribution in [2.24, 2.45) is 5.92 Å². The highest BCUT2D eigenvalue weighted by Gasteiger charge is 2.62. The van der Waals surface area contributed by atoms with Crippen LogP contribution < -0.4 is 19.1 Å². The average Bonchev–Trinajstić information content (AvgIpc) is 3.80. The van der Waals surface area contributed by atoms with Crippen LogP contribution in [-0.2, 0) is 26.9 Å². The Hall–Kier alpha value is -3.90. The maximum atomic E-state index is 15.4. The lowest BCUT2D eigenvalue weighted by Gasteiger charge is -2.41. The lowest BCUT2D eigenvalue weighted by atomic mass is 9.80. The van der Waals surface area contributed by atoms with E-state index in [-0.39, 0.29) is 10.6 Å². The van der Waals surface area contributed by atoms with Crippen LogP contribution in [0.5, 0.6) is 11.5 Å². The minimum Gasteiger partial charge on any atom is -0.497 e. The number of aromatic nitrogens is 1. The Morgan fingerprint density at radius 2 is 1.85 bits per heavy atom. The first-order valence-electron chi connectivity index (χ1n) is 15.2. The number of amides is 1. The number of oxazole rings is 1. The van der Waals surface area contributed by atoms with Crippen LogP contribution in [0.1, 0.15) is 55.3 Å². The van der Waals surface area contributed by atoms with Crippen LogP contribution in [0.15, 0.2) is 82.4 Å². The van der Waals surface area contributed by atoms with Gasteiger partial charge in [0.15, 0.2) is 5.54 Å². The molecule has 1 saturated heterocycles. The zero-order valence-electron chi connectivity index (χ0n) is 26.2. The molecule has 1 fully saturated rings. The van der Waals surface area contributed by atoms with Gasteiger partial charge in [0.1, 0.15) is 17.8 Å². The van der Waals surface area contributed by atoms with Crippen molar-refractivity contribution in [1.29, 1.82) is 0 Å². The number of likely N-dealkylation sites (tertiary alicyclic amines) is 1. The third-order valence-electron chi connectivity index (χ3n) is 8.61. The minimum absolute atomic E-state index is 0.0531. The highest BCUT2D eigenvalue weighted by molar-refractivity contribution is 7.93. The second kappa shape index (κ2) is 12.7. The molecule has 0 bridgehead atoms. The summed E-state index contributed by atoms with van der Waals surface area (Å²) >= 11 is 6.66. The molecule has 4 aromatic rings. The summed E-state index contributed by atoms with van der Waals surface area (Å²) in [5.74, 6) is 1.15. The van der Waals surface area contributed by atoms with Gasteiger partial charge in [-0.1, -0.05) is 31.5 Å². The van der Waals surface area contributed by atoms with E-state index >= 15 is 4.79 Å². The van der Waals surface area contributed by atoms with E-state index in [0.717, 1.165) is 22.8 Å². The molecular formula is C34H37ClN4O6S. The normalized spacial score (nSPS) is 20.0. The molecular weight excluding hydrogens is 628 g/mol. The fraction of sp³-hybridized carbons (Fsp3) is 0.353. The number of hydrogen-bond acceptors (Lipinski definition) is 9. The minimum atomic E-state index is -4.41. The first-order valence-corrected chi connectivity index (χ1v) is 17.0. The molecule has 0 aliphatic carbocycles. The molecule has 1 N–H and O–H groups in total. The number of rotatable bonds is 11. The zero-order valence-corrected chi connectivity index (χ0v) is 27.8. The first kappa shape index (κ1) is 32.1. The highest BCUT2D eigenvalue weighted by Crippen LogP contribution is 2.56. The molecule has 3 heterocycles. The summed E-state index contributed by atoms with van der Waals surface area (Å²) in [7, 11) is -1.36. The van der Waals surface area contributed by atoms with Crippen LogP contribution in [-0.4, -0.2) is 51.5 Å². The monoisotopic (exact) mass is 664 g/mol. The van der Waals surface area contributed by atoms with Crippen molar-refractivity contribution in [2.45, 2.75) is 49.7 Å². The van der Waals surface area contributed by atoms with E-state index in [4.69, 9.17) is 25.5 Å². The van der Waals surface area contributed by atoms with Crippen LogP contribution >= 0.6 is 11.6 Å². The fourth-order valence-corrected chi connectivity index (χ4v) is 8.24. The number of ether oxygens (including phenoxy) is 2. The fourth-order valence-electron chi connectivity index (χ4n) is 6.61. The third-order valence-corrected chi connectivity index (χ3v) is 10.6. The Morgan fingerprint density at radius 1 is 1.07 bits per heavy atom. The number of sulfonamides is 1. The van der Waals surface area contributed by atoms with Gasteiger partial charge in [-0.25, -0.2) is 17.7 Å². The Morgan fingerprint density at radius 3 is 2.52 bits per heavy atom. The molecule has 2 aliphatic heterocycles. The van der Waals surface area contributed by atoms with Crippen molar-refractivity contribution in [1.82, 2.24) is 15.2 Å². The number of carbonyl (C=O) groups is 1. The number of anilines is 1. The summed E-state index contributed by atoms with van der Waals surface area (Å²) in [4.78, 5) is 21.9. The van der Waals surface area contributed by atoms with E-state index in [1.807, 2.05) is 23.1 Å². The summed E-state index contributed by atoms with van der Waals surface area (Å²) in [6.45, 7) is 6.07. The second-order valence-corrected chi connectivity index (χ2v) is 14.1. The number of fused-ring (bicyclic) bond motifs is 1. The van der Waals surface area contributed by atoms with Crippen molar-refractivity contribution in [3.63, 3.8) is 0 Å². The SMILES string of the molecule is COc1ccc(S(=O)(=O)N2C(=O)C(c3cc(CNCC(C)C)ccc3OC)(N3CCC[C@H]3c3ncco3)c3cc(Cl)ccc32)cc1. The number of methoxy groups -OCH3 is 2. The number of nitrogens with one attached hydrogen (secondary N) is 1. The van der Waals surface area contributed by atoms with E-state index in [1.54, 1.807) is 43.6 Å². The van der Waals surface area contributed by atoms with E-state index < -0.39 is 27.5 Å². The second-order valence-electron chi connectivity index (χ2n) is 11.9. The molecule has 2 aliphatic rings. The largest absolute Gasteiger partial charge is 0.497 e. The highest BCUT2D eigenvalue weighted by atomic mass is 35.5. The van der Waals surface area contributed by atoms with E-state index in [1.165, 1.54) is 25.5 Å². The van der Waals surface area contributed by atoms with Gasteiger partial charge in [0.05, 0.1) is 37.0 Å². The quantitative estimate of drug-likeness (QED) is 0.209. The van der Waals surface area contributed by atoms with Gasteiger partial charge in [-0.2, -0.15) is 0 Å². The van der Waals surface area contributed by atoms with Gasteiger partial charge in [-0.05, 0) is 85.5 Å². The summed E-state index contributed by atoms with van der Waals surface area (Å²) < 4.78 is 46.9. The molecule has 1 aromatic heterocycles. The molecule has 1 amide bonds. The smallest absolute Gasteiger partial charge is 0.271 e. The molecule has 6 rings (SSSR count). The molecule has 0 saturated carbocycles. The van der Waals surface area contributed by atoms with Crippen LogP contribution in [0.25, 0.3) is 0 Å². The summed E-state index contributed by atoms with van der Waals surface area (Å²) in [5.41, 5.74) is 0.419. The Bertz CT molecular complexity index is 1830. The van der Waals surface area contributed by atoms with Crippen molar-refractivity contribution in [2.75, 3.05) is 31.6 Å². The maximum Gasteiger partial charge on any atom is 0.271 e. The van der Waals surface area contributed by atoms with Crippen molar-refractivity contribution in [3.05, 3.63) is 101 Å². The molecule has 0 radical (unpaired) electrons. The van der Waals surface area contributed by atoms with Gasteiger partial charge >= 0.3 is 0 Å². The van der Waals surface area contributed by atoms with Gasteiger partial charge in [0, 0.05) is 29.2 Å². The third kappa shape index (κ3) is 5.34. The van der Waals surface area contributed by atoms with Gasteiger partial charge in [0.25, 0.3) is 15.9 Å². The Labute approximate surface area is 274 Å². The summed E-state index contributed by atoms with van der Waals surface area (Å²) in [6.07, 6.45) is 4.44. The lowest BCUT2D eigenvalue weighted by Crippen LogP contribution is -2.54. The van der Waals surface area contributed by atoms with E-state index in [2.05, 4.69) is 24.1 Å². The number of nitrogens with zero attached hydrogens (tertiary/aromatic N) is 3. The Balaban J connectivity index is 1.62. The van der Waals surface area contributed by atoms with Crippen LogP contribution in [0, 0.1) is 5.92 Å². The molecule has 1 unspecified atom stereocenters. The predicted octanol–water partition coefficient (Wildman–Crippen LogP) is 5.91. The summed E-state index contributed by atoms with van der Waals surface area (Å²) in [6, 6.07) is 16.1. The van der Waals surface area contributed by atoms with Gasteiger partial charge in [-0.15, -0.1) is 0 Å².